The maximum atomic E-state index is 12.5. The smallest absolute Gasteiger partial charge is 0.268 e. The molecule has 26 heavy (non-hydrogen) atoms. The molecule has 0 bridgehead atoms. The lowest BCUT2D eigenvalue weighted by molar-refractivity contribution is 0.311. The summed E-state index contributed by atoms with van der Waals surface area (Å²) in [4.78, 5) is 23.2. The van der Waals surface area contributed by atoms with E-state index in [2.05, 4.69) is 37.2 Å². The van der Waals surface area contributed by atoms with E-state index < -0.39 is 0 Å². The summed E-state index contributed by atoms with van der Waals surface area (Å²) in [6, 6.07) is 12.2. The zero-order chi connectivity index (χ0) is 18.1. The van der Waals surface area contributed by atoms with E-state index in [1.165, 1.54) is 16.9 Å². The number of aryl methyl sites for hydroxylation is 1. The van der Waals surface area contributed by atoms with Gasteiger partial charge in [-0.15, -0.1) is 11.3 Å². The first-order valence-electron chi connectivity index (χ1n) is 8.35. The van der Waals surface area contributed by atoms with Crippen molar-refractivity contribution in [3.63, 3.8) is 0 Å². The lowest BCUT2D eigenvalue weighted by Gasteiger charge is -2.15. The molecule has 0 aliphatic heterocycles. The van der Waals surface area contributed by atoms with Crippen LogP contribution in [-0.2, 0) is 13.1 Å². The summed E-state index contributed by atoms with van der Waals surface area (Å²) in [6.07, 6.45) is 1.78. The Bertz CT molecular complexity index is 1100. The average molecular weight is 365 g/mol. The van der Waals surface area contributed by atoms with Crippen molar-refractivity contribution in [1.82, 2.24) is 25.1 Å². The van der Waals surface area contributed by atoms with Crippen molar-refractivity contribution in [2.24, 2.45) is 0 Å². The van der Waals surface area contributed by atoms with Crippen LogP contribution in [0.1, 0.15) is 17.1 Å². The van der Waals surface area contributed by atoms with Crippen LogP contribution in [0.25, 0.3) is 20.7 Å². The Labute approximate surface area is 154 Å². The first kappa shape index (κ1) is 16.7. The van der Waals surface area contributed by atoms with Gasteiger partial charge in [0.2, 0.25) is 0 Å². The molecule has 0 atom stereocenters. The maximum Gasteiger partial charge on any atom is 0.268 e. The van der Waals surface area contributed by atoms with E-state index >= 15 is 0 Å². The second-order valence-corrected chi connectivity index (χ2v) is 7.46. The Kier molecular flexibility index (Phi) is 4.40. The summed E-state index contributed by atoms with van der Waals surface area (Å²) in [5.41, 5.74) is 3.87. The summed E-state index contributed by atoms with van der Waals surface area (Å²) in [5, 5.41) is 6.99. The molecule has 2 N–H and O–H groups in total. The van der Waals surface area contributed by atoms with Gasteiger partial charge in [0.15, 0.2) is 0 Å². The number of hydrogen-bond acceptors (Lipinski definition) is 5. The minimum atomic E-state index is -0.0875. The second-order valence-electron chi connectivity index (χ2n) is 6.40. The molecule has 0 amide bonds. The number of hydrogen-bond donors (Lipinski definition) is 2. The predicted molar refractivity (Wildman–Crippen MR) is 104 cm³/mol. The second kappa shape index (κ2) is 6.86. The van der Waals surface area contributed by atoms with E-state index in [1.54, 1.807) is 6.20 Å². The molecule has 1 aromatic carbocycles. The third-order valence-electron chi connectivity index (χ3n) is 4.24. The van der Waals surface area contributed by atoms with Gasteiger partial charge < -0.3 is 4.98 Å². The molecule has 0 fully saturated rings. The van der Waals surface area contributed by atoms with Crippen molar-refractivity contribution < 1.29 is 0 Å². The molecule has 3 aromatic heterocycles. The highest BCUT2D eigenvalue weighted by atomic mass is 32.1. The summed E-state index contributed by atoms with van der Waals surface area (Å²) < 4.78 is 0.648. The Morgan fingerprint density at radius 3 is 2.73 bits per heavy atom. The molecule has 0 aliphatic carbocycles. The molecule has 0 unspecified atom stereocenters. The minimum absolute atomic E-state index is 0.0875. The summed E-state index contributed by atoms with van der Waals surface area (Å²) in [6.45, 7) is 3.34. The van der Waals surface area contributed by atoms with E-state index in [4.69, 9.17) is 0 Å². The number of nitrogens with zero attached hydrogens (tertiary/aromatic N) is 3. The van der Waals surface area contributed by atoms with Crippen LogP contribution >= 0.6 is 11.3 Å². The Hall–Kier alpha value is -2.77. The van der Waals surface area contributed by atoms with Crippen LogP contribution < -0.4 is 5.56 Å². The number of thiophene rings is 1. The van der Waals surface area contributed by atoms with E-state index in [1.807, 2.05) is 38.2 Å². The van der Waals surface area contributed by atoms with E-state index in [-0.39, 0.29) is 5.56 Å². The fourth-order valence-electron chi connectivity index (χ4n) is 3.00. The van der Waals surface area contributed by atoms with Gasteiger partial charge in [0.25, 0.3) is 5.56 Å². The van der Waals surface area contributed by atoms with Crippen LogP contribution in [0.3, 0.4) is 0 Å². The van der Waals surface area contributed by atoms with E-state index in [0.29, 0.717) is 17.1 Å². The minimum Gasteiger partial charge on any atom is -0.308 e. The Morgan fingerprint density at radius 1 is 1.19 bits per heavy atom. The summed E-state index contributed by atoms with van der Waals surface area (Å²) in [5.74, 6) is 0.675. The lowest BCUT2D eigenvalue weighted by atomic mass is 10.2. The number of nitrogens with one attached hydrogen (secondary N) is 2. The van der Waals surface area contributed by atoms with Gasteiger partial charge in [0.05, 0.1) is 18.3 Å². The molecule has 4 rings (SSSR count). The molecule has 0 saturated heterocycles. The van der Waals surface area contributed by atoms with Crippen molar-refractivity contribution in [3.8, 4) is 10.4 Å². The predicted octanol–water partition coefficient (Wildman–Crippen LogP) is 3.32. The lowest BCUT2D eigenvalue weighted by Crippen LogP contribution is -2.21. The molecule has 6 nitrogen and oxygen atoms in total. The van der Waals surface area contributed by atoms with Gasteiger partial charge in [-0.2, -0.15) is 5.10 Å². The molecule has 0 spiro atoms. The quantitative estimate of drug-likeness (QED) is 0.569. The number of fused-ring (bicyclic) bond motifs is 1. The number of H-pyrrole nitrogens is 2. The van der Waals surface area contributed by atoms with Crippen LogP contribution in [0.15, 0.2) is 47.4 Å². The highest BCUT2D eigenvalue weighted by Gasteiger charge is 2.13. The molecule has 0 radical (unpaired) electrons. The average Bonchev–Trinajstić information content (AvgIpc) is 3.21. The van der Waals surface area contributed by atoms with Gasteiger partial charge in [-0.3, -0.25) is 14.8 Å². The number of aromatic nitrogens is 4. The van der Waals surface area contributed by atoms with E-state index in [0.717, 1.165) is 28.2 Å². The van der Waals surface area contributed by atoms with Crippen molar-refractivity contribution in [2.75, 3.05) is 7.05 Å². The molecular weight excluding hydrogens is 346 g/mol. The molecular formula is C19H19N5OS. The standard InChI is InChI=1S/C19H19N5OS/c1-12-14(9-20-23-12)16-8-15-18(26-16)19(25)22-17(21-15)11-24(2)10-13-6-4-3-5-7-13/h3-9H,10-11H2,1-2H3,(H,20,23)(H,21,22,25). The van der Waals surface area contributed by atoms with Crippen LogP contribution in [0.5, 0.6) is 0 Å². The first-order chi connectivity index (χ1) is 12.6. The number of benzene rings is 1. The fourth-order valence-corrected chi connectivity index (χ4v) is 4.06. The topological polar surface area (TPSA) is 77.7 Å². The molecule has 4 aromatic rings. The third kappa shape index (κ3) is 3.31. The Balaban J connectivity index is 1.60. The largest absolute Gasteiger partial charge is 0.308 e. The van der Waals surface area contributed by atoms with Crippen molar-refractivity contribution >= 4 is 21.6 Å². The number of aromatic amines is 2. The Morgan fingerprint density at radius 2 is 2.00 bits per heavy atom. The summed E-state index contributed by atoms with van der Waals surface area (Å²) >= 11 is 1.45. The normalized spacial score (nSPS) is 11.5. The van der Waals surface area contributed by atoms with Crippen LogP contribution in [0, 0.1) is 6.92 Å². The maximum absolute atomic E-state index is 12.5. The molecule has 0 aliphatic rings. The molecule has 0 saturated carbocycles. The molecule has 3 heterocycles. The zero-order valence-corrected chi connectivity index (χ0v) is 15.4. The molecule has 7 heteroatoms. The van der Waals surface area contributed by atoms with Gasteiger partial charge >= 0.3 is 0 Å². The van der Waals surface area contributed by atoms with Crippen molar-refractivity contribution in [3.05, 3.63) is 70.0 Å². The van der Waals surface area contributed by atoms with Gasteiger partial charge in [0.1, 0.15) is 10.5 Å². The first-order valence-corrected chi connectivity index (χ1v) is 9.17. The van der Waals surface area contributed by atoms with Crippen LogP contribution in [0.2, 0.25) is 0 Å². The fraction of sp³-hybridized carbons (Fsp3) is 0.211. The van der Waals surface area contributed by atoms with Gasteiger partial charge in [-0.05, 0) is 25.6 Å². The van der Waals surface area contributed by atoms with Crippen LogP contribution in [-0.4, -0.2) is 32.1 Å². The monoisotopic (exact) mass is 365 g/mol. The molecule has 132 valence electrons. The number of rotatable bonds is 5. The van der Waals surface area contributed by atoms with E-state index in [9.17, 15) is 4.79 Å². The third-order valence-corrected chi connectivity index (χ3v) is 5.40. The van der Waals surface area contributed by atoms with Crippen molar-refractivity contribution in [2.45, 2.75) is 20.0 Å². The zero-order valence-electron chi connectivity index (χ0n) is 14.6. The van der Waals surface area contributed by atoms with Gasteiger partial charge in [0, 0.05) is 22.7 Å². The van der Waals surface area contributed by atoms with Gasteiger partial charge in [-0.25, -0.2) is 4.98 Å². The van der Waals surface area contributed by atoms with Crippen molar-refractivity contribution in [1.29, 1.82) is 0 Å². The summed E-state index contributed by atoms with van der Waals surface area (Å²) in [7, 11) is 2.02. The highest BCUT2D eigenvalue weighted by Crippen LogP contribution is 2.31. The SMILES string of the molecule is Cc1[nH]ncc1-c1cc2nc(CN(C)Cc3ccccc3)[nH]c(=O)c2s1. The van der Waals surface area contributed by atoms with Crippen LogP contribution in [0.4, 0.5) is 0 Å². The van der Waals surface area contributed by atoms with Gasteiger partial charge in [-0.1, -0.05) is 30.3 Å². The highest BCUT2D eigenvalue weighted by molar-refractivity contribution is 7.22.